The van der Waals surface area contributed by atoms with E-state index < -0.39 is 40.3 Å². The van der Waals surface area contributed by atoms with Crippen LogP contribution < -0.4 is 11.1 Å². The molecule has 4 aromatic rings. The van der Waals surface area contributed by atoms with Crippen LogP contribution >= 0.6 is 22.7 Å². The molecule has 0 bridgehead atoms. The minimum absolute atomic E-state index is 0.134. The molecule has 0 amide bonds. The molecule has 33 heavy (non-hydrogen) atoms. The summed E-state index contributed by atoms with van der Waals surface area (Å²) in [4.78, 5) is 58.3. The maximum atomic E-state index is 11.4. The molecule has 5 N–H and O–H groups in total. The Kier molecular flexibility index (Phi) is 7.00. The van der Waals surface area contributed by atoms with Crippen molar-refractivity contribution in [2.24, 2.45) is 0 Å². The molecule has 14 heteroatoms. The number of H-pyrrole nitrogens is 2. The number of rotatable bonds is 4. The number of hydrogen-bond donors (Lipinski definition) is 5. The van der Waals surface area contributed by atoms with E-state index in [4.69, 9.17) is 5.11 Å². The molecule has 0 aliphatic heterocycles. The summed E-state index contributed by atoms with van der Waals surface area (Å²) in [7, 11) is 1.15. The van der Waals surface area contributed by atoms with Crippen LogP contribution in [0.5, 0.6) is 11.5 Å². The number of aromatic hydroxyl groups is 2. The van der Waals surface area contributed by atoms with Crippen molar-refractivity contribution in [1.29, 1.82) is 0 Å². The average Bonchev–Trinajstić information content (AvgIpc) is 3.51. The van der Waals surface area contributed by atoms with E-state index in [1.54, 1.807) is 35.0 Å². The number of carboxylic acid groups (broad SMARTS) is 1. The topological polar surface area (TPSA) is 196 Å². The Balaban J connectivity index is 0.000000186. The summed E-state index contributed by atoms with van der Waals surface area (Å²) in [6, 6.07) is 6.95. The second-order valence-electron chi connectivity index (χ2n) is 5.97. The number of aromatic amines is 2. The number of ether oxygens (including phenoxy) is 1. The molecule has 0 saturated heterocycles. The highest BCUT2D eigenvalue weighted by Gasteiger charge is 2.19. The van der Waals surface area contributed by atoms with E-state index in [1.165, 1.54) is 22.7 Å². The van der Waals surface area contributed by atoms with E-state index in [1.807, 2.05) is 0 Å². The fraction of sp³-hybridized carbons (Fsp3) is 0.0526. The van der Waals surface area contributed by atoms with E-state index in [9.17, 15) is 29.4 Å². The number of carbonyl (C=O) groups is 2. The number of carboxylic acids is 1. The Hall–Kier alpha value is -4.30. The highest BCUT2D eigenvalue weighted by molar-refractivity contribution is 7.13. The SMILES string of the molecule is COC(=O)c1nc(-c2cccs2)[nH]c(=O)c1O.O=C(O)c1nc(-c2cccs2)[nH]c(=O)c1O. The minimum Gasteiger partial charge on any atom is -0.501 e. The quantitative estimate of drug-likeness (QED) is 0.263. The van der Waals surface area contributed by atoms with Crippen LogP contribution in [0, 0.1) is 0 Å². The molecule has 170 valence electrons. The van der Waals surface area contributed by atoms with E-state index in [2.05, 4.69) is 24.7 Å². The van der Waals surface area contributed by atoms with Crippen LogP contribution in [-0.4, -0.2) is 54.3 Å². The average molecular weight is 490 g/mol. The summed E-state index contributed by atoms with van der Waals surface area (Å²) in [6.45, 7) is 0. The largest absolute Gasteiger partial charge is 0.501 e. The van der Waals surface area contributed by atoms with Crippen molar-refractivity contribution in [3.8, 4) is 32.9 Å². The van der Waals surface area contributed by atoms with Gasteiger partial charge in [0, 0.05) is 0 Å². The van der Waals surface area contributed by atoms with Gasteiger partial charge in [-0.05, 0) is 22.9 Å². The molecule has 0 unspecified atom stereocenters. The zero-order valence-electron chi connectivity index (χ0n) is 16.6. The summed E-state index contributed by atoms with van der Waals surface area (Å²) in [5.41, 5.74) is -2.67. The maximum Gasteiger partial charge on any atom is 0.360 e. The Labute approximate surface area is 191 Å². The van der Waals surface area contributed by atoms with Gasteiger partial charge in [-0.2, -0.15) is 0 Å². The lowest BCUT2D eigenvalue weighted by molar-refractivity contribution is 0.0589. The van der Waals surface area contributed by atoms with Gasteiger partial charge in [0.05, 0.1) is 16.9 Å². The van der Waals surface area contributed by atoms with Gasteiger partial charge in [0.2, 0.25) is 11.5 Å². The van der Waals surface area contributed by atoms with Crippen molar-refractivity contribution in [3.63, 3.8) is 0 Å². The smallest absolute Gasteiger partial charge is 0.360 e. The lowest BCUT2D eigenvalue weighted by Gasteiger charge is -2.03. The predicted octanol–water partition coefficient (Wildman–Crippen LogP) is 1.89. The van der Waals surface area contributed by atoms with Crippen molar-refractivity contribution in [2.45, 2.75) is 0 Å². The zero-order chi connectivity index (χ0) is 24.1. The van der Waals surface area contributed by atoms with Gasteiger partial charge in [0.25, 0.3) is 11.1 Å². The fourth-order valence-electron chi connectivity index (χ4n) is 2.38. The highest BCUT2D eigenvalue weighted by atomic mass is 32.1. The van der Waals surface area contributed by atoms with Crippen LogP contribution in [0.3, 0.4) is 0 Å². The molecule has 12 nitrogen and oxygen atoms in total. The van der Waals surface area contributed by atoms with Gasteiger partial charge < -0.3 is 30.0 Å². The number of thiophene rings is 2. The van der Waals surface area contributed by atoms with Crippen LogP contribution in [0.4, 0.5) is 0 Å². The summed E-state index contributed by atoms with van der Waals surface area (Å²) in [5, 5.41) is 30.9. The molecule has 0 aliphatic carbocycles. The molecule has 0 saturated carbocycles. The van der Waals surface area contributed by atoms with Crippen LogP contribution in [0.2, 0.25) is 0 Å². The summed E-state index contributed by atoms with van der Waals surface area (Å²) >= 11 is 2.66. The number of methoxy groups -OCH3 is 1. The Bertz CT molecular complexity index is 1410. The monoisotopic (exact) mass is 490 g/mol. The molecule has 0 aromatic carbocycles. The molecular formula is C19H14N4O8S2. The number of hydrogen-bond acceptors (Lipinski definition) is 11. The van der Waals surface area contributed by atoms with E-state index in [0.717, 1.165) is 7.11 Å². The molecule has 4 heterocycles. The van der Waals surface area contributed by atoms with E-state index in [0.29, 0.717) is 9.75 Å². The van der Waals surface area contributed by atoms with Crippen LogP contribution in [-0.2, 0) is 4.74 Å². The molecule has 4 rings (SSSR count). The summed E-state index contributed by atoms with van der Waals surface area (Å²) in [6.07, 6.45) is 0. The van der Waals surface area contributed by atoms with Crippen LogP contribution in [0.1, 0.15) is 21.0 Å². The predicted molar refractivity (Wildman–Crippen MR) is 118 cm³/mol. The normalized spacial score (nSPS) is 10.2. The van der Waals surface area contributed by atoms with Crippen molar-refractivity contribution >= 4 is 34.6 Å². The lowest BCUT2D eigenvalue weighted by Crippen LogP contribution is -2.15. The Morgan fingerprint density at radius 1 is 0.879 bits per heavy atom. The maximum absolute atomic E-state index is 11.4. The number of nitrogens with zero attached hydrogens (tertiary/aromatic N) is 2. The van der Waals surface area contributed by atoms with Gasteiger partial charge in [-0.3, -0.25) is 9.59 Å². The molecule has 0 spiro atoms. The first-order valence-electron chi connectivity index (χ1n) is 8.78. The second kappa shape index (κ2) is 9.88. The van der Waals surface area contributed by atoms with Crippen molar-refractivity contribution in [2.75, 3.05) is 7.11 Å². The molecule has 0 aliphatic rings. The van der Waals surface area contributed by atoms with Gasteiger partial charge in [-0.25, -0.2) is 19.6 Å². The number of nitrogens with one attached hydrogen (secondary N) is 2. The molecular weight excluding hydrogens is 476 g/mol. The molecule has 4 aromatic heterocycles. The summed E-state index contributed by atoms with van der Waals surface area (Å²) in [5.74, 6) is -3.56. The Morgan fingerprint density at radius 2 is 1.33 bits per heavy atom. The number of carbonyl (C=O) groups excluding carboxylic acids is 1. The van der Waals surface area contributed by atoms with Gasteiger partial charge in [0.1, 0.15) is 0 Å². The van der Waals surface area contributed by atoms with E-state index >= 15 is 0 Å². The highest BCUT2D eigenvalue weighted by Crippen LogP contribution is 2.22. The summed E-state index contributed by atoms with van der Waals surface area (Å²) < 4.78 is 4.43. The molecule has 0 atom stereocenters. The molecule has 0 radical (unpaired) electrons. The third kappa shape index (κ3) is 5.13. The Morgan fingerprint density at radius 3 is 1.73 bits per heavy atom. The number of aromatic carboxylic acids is 1. The fourth-order valence-corrected chi connectivity index (χ4v) is 3.72. The first-order chi connectivity index (χ1) is 15.7. The van der Waals surface area contributed by atoms with E-state index in [-0.39, 0.29) is 17.3 Å². The lowest BCUT2D eigenvalue weighted by atomic mass is 10.3. The first-order valence-corrected chi connectivity index (χ1v) is 10.5. The van der Waals surface area contributed by atoms with Crippen molar-refractivity contribution in [3.05, 3.63) is 67.1 Å². The van der Waals surface area contributed by atoms with Crippen molar-refractivity contribution < 1.29 is 29.6 Å². The van der Waals surface area contributed by atoms with Crippen molar-refractivity contribution in [1.82, 2.24) is 19.9 Å². The third-order valence-corrected chi connectivity index (χ3v) is 5.63. The van der Waals surface area contributed by atoms with Gasteiger partial charge in [0.15, 0.2) is 23.0 Å². The van der Waals surface area contributed by atoms with Gasteiger partial charge >= 0.3 is 11.9 Å². The standard InChI is InChI=1S/C10H8N2O4S.C9H6N2O4S/c1-16-10(15)6-7(13)9(14)12-8(11-6)5-3-2-4-17-5;12-6-5(9(14)15)10-7(11-8(6)13)4-2-1-3-16-4/h2-4,13H,1H3,(H,11,12,14);1-3,12H,(H,14,15)(H,10,11,13). The van der Waals surface area contributed by atoms with Crippen LogP contribution in [0.25, 0.3) is 21.4 Å². The van der Waals surface area contributed by atoms with Gasteiger partial charge in [-0.1, -0.05) is 12.1 Å². The third-order valence-electron chi connectivity index (χ3n) is 3.88. The number of aromatic nitrogens is 4. The molecule has 0 fully saturated rings. The second-order valence-corrected chi connectivity index (χ2v) is 7.87. The zero-order valence-corrected chi connectivity index (χ0v) is 18.2. The van der Waals surface area contributed by atoms with Gasteiger partial charge in [-0.15, -0.1) is 22.7 Å². The van der Waals surface area contributed by atoms with Crippen LogP contribution in [0.15, 0.2) is 44.6 Å². The minimum atomic E-state index is -1.44. The first kappa shape index (κ1) is 23.4. The number of esters is 1.